The Morgan fingerprint density at radius 1 is 1.32 bits per heavy atom. The largest absolute Gasteiger partial charge is 0.387 e. The SMILES string of the molecule is C[C@@H]1CC2NC3C(Cl)C(Cl)CC(C4CCCO4)C3C2CN1C(=O)CO. The van der Waals surface area contributed by atoms with Crippen molar-refractivity contribution in [1.82, 2.24) is 10.2 Å². The molecule has 1 amide bonds. The number of aliphatic hydroxyl groups excluding tert-OH is 1. The Bertz CT molecular complexity index is 517. The van der Waals surface area contributed by atoms with Crippen LogP contribution >= 0.6 is 23.2 Å². The summed E-state index contributed by atoms with van der Waals surface area (Å²) in [5.74, 6) is 0.965. The number of hydrogen-bond donors (Lipinski definition) is 2. The smallest absolute Gasteiger partial charge is 0.248 e. The molecule has 0 bridgehead atoms. The fourth-order valence-electron chi connectivity index (χ4n) is 5.85. The molecule has 25 heavy (non-hydrogen) atoms. The first-order chi connectivity index (χ1) is 12.0. The zero-order valence-electron chi connectivity index (χ0n) is 14.6. The second-order valence-electron chi connectivity index (χ2n) is 8.24. The van der Waals surface area contributed by atoms with Crippen LogP contribution in [0.25, 0.3) is 0 Å². The Hall–Kier alpha value is -0.0700. The molecular weight excluding hydrogens is 363 g/mol. The minimum absolute atomic E-state index is 0.0441. The Balaban J connectivity index is 1.60. The van der Waals surface area contributed by atoms with Crippen molar-refractivity contribution in [2.45, 2.75) is 67.6 Å². The van der Waals surface area contributed by atoms with Crippen LogP contribution in [0.1, 0.15) is 32.6 Å². The van der Waals surface area contributed by atoms with Crippen molar-refractivity contribution in [2.75, 3.05) is 19.8 Å². The summed E-state index contributed by atoms with van der Waals surface area (Å²) < 4.78 is 6.03. The number of likely N-dealkylation sites (tertiary alicyclic amines) is 1. The van der Waals surface area contributed by atoms with Crippen LogP contribution < -0.4 is 5.32 Å². The maximum atomic E-state index is 12.2. The van der Waals surface area contributed by atoms with Crippen molar-refractivity contribution in [3.8, 4) is 0 Å². The monoisotopic (exact) mass is 390 g/mol. The molecule has 3 aliphatic heterocycles. The molecule has 0 radical (unpaired) electrons. The number of aliphatic hydroxyl groups is 1. The van der Waals surface area contributed by atoms with E-state index >= 15 is 0 Å². The normalized spacial score (nSPS) is 49.8. The van der Waals surface area contributed by atoms with Crippen molar-refractivity contribution < 1.29 is 14.6 Å². The second kappa shape index (κ2) is 7.16. The fraction of sp³-hybridized carbons (Fsp3) is 0.944. The van der Waals surface area contributed by atoms with Gasteiger partial charge in [-0.25, -0.2) is 0 Å². The number of carbonyl (C=O) groups is 1. The van der Waals surface area contributed by atoms with Gasteiger partial charge in [0.25, 0.3) is 0 Å². The molecule has 0 aromatic heterocycles. The highest BCUT2D eigenvalue weighted by molar-refractivity contribution is 6.30. The molecule has 7 heteroatoms. The van der Waals surface area contributed by atoms with Gasteiger partial charge in [0.2, 0.25) is 5.91 Å². The third-order valence-electron chi connectivity index (χ3n) is 6.95. The molecule has 0 spiro atoms. The summed E-state index contributed by atoms with van der Waals surface area (Å²) in [5.41, 5.74) is 0. The van der Waals surface area contributed by atoms with E-state index in [2.05, 4.69) is 12.2 Å². The van der Waals surface area contributed by atoms with Gasteiger partial charge < -0.3 is 20.1 Å². The van der Waals surface area contributed by atoms with Gasteiger partial charge in [-0.05, 0) is 50.4 Å². The first kappa shape index (κ1) is 18.3. The van der Waals surface area contributed by atoms with Gasteiger partial charge >= 0.3 is 0 Å². The topological polar surface area (TPSA) is 61.8 Å². The number of rotatable bonds is 2. The van der Waals surface area contributed by atoms with E-state index in [0.717, 1.165) is 32.3 Å². The Labute approximate surface area is 159 Å². The maximum Gasteiger partial charge on any atom is 0.248 e. The van der Waals surface area contributed by atoms with E-state index in [1.807, 2.05) is 4.90 Å². The van der Waals surface area contributed by atoms with Crippen molar-refractivity contribution >= 4 is 29.1 Å². The van der Waals surface area contributed by atoms with Gasteiger partial charge in [-0.2, -0.15) is 0 Å². The molecule has 142 valence electrons. The van der Waals surface area contributed by atoms with Gasteiger partial charge in [-0.15, -0.1) is 23.2 Å². The van der Waals surface area contributed by atoms with E-state index in [1.54, 1.807) is 0 Å². The fourth-order valence-corrected chi connectivity index (χ4v) is 6.55. The molecule has 9 atom stereocenters. The lowest BCUT2D eigenvalue weighted by molar-refractivity contribution is -0.139. The molecule has 5 nitrogen and oxygen atoms in total. The minimum Gasteiger partial charge on any atom is -0.387 e. The lowest BCUT2D eigenvalue weighted by Gasteiger charge is -2.46. The quantitative estimate of drug-likeness (QED) is 0.702. The van der Waals surface area contributed by atoms with Crippen molar-refractivity contribution in [3.05, 3.63) is 0 Å². The average molecular weight is 391 g/mol. The molecule has 3 saturated heterocycles. The lowest BCUT2D eigenvalue weighted by Crippen LogP contribution is -2.54. The predicted octanol–water partition coefficient (Wildman–Crippen LogP) is 1.59. The van der Waals surface area contributed by atoms with E-state index in [1.165, 1.54) is 0 Å². The molecule has 4 aliphatic rings. The van der Waals surface area contributed by atoms with E-state index in [9.17, 15) is 9.90 Å². The number of fused-ring (bicyclic) bond motifs is 3. The van der Waals surface area contributed by atoms with E-state index in [4.69, 9.17) is 27.9 Å². The Kier molecular flexibility index (Phi) is 5.24. The molecule has 1 saturated carbocycles. The number of nitrogens with zero attached hydrogens (tertiary/aromatic N) is 1. The number of piperidine rings is 1. The number of alkyl halides is 2. The van der Waals surface area contributed by atoms with E-state index < -0.39 is 6.61 Å². The summed E-state index contributed by atoms with van der Waals surface area (Å²) >= 11 is 13.3. The first-order valence-electron chi connectivity index (χ1n) is 9.57. The van der Waals surface area contributed by atoms with Crippen LogP contribution in [-0.2, 0) is 9.53 Å². The van der Waals surface area contributed by atoms with Gasteiger partial charge in [0.1, 0.15) is 6.61 Å². The molecule has 2 N–H and O–H groups in total. The van der Waals surface area contributed by atoms with Crippen LogP contribution in [0.3, 0.4) is 0 Å². The number of hydrogen-bond acceptors (Lipinski definition) is 4. The number of nitrogens with one attached hydrogen (secondary N) is 1. The number of halogens is 2. The standard InChI is InChI=1S/C18H28Cl2N2O3/c1-9-5-13-11(7-22(9)15(24)8-23)16-10(14-3-2-4-25-14)6-12(19)17(20)18(16)21-13/h9-14,16-18,21,23H,2-8H2,1H3/t9-,10?,11?,12?,13?,14?,16?,17?,18?/m1/s1. The zero-order chi connectivity index (χ0) is 17.7. The summed E-state index contributed by atoms with van der Waals surface area (Å²) in [6.45, 7) is 3.18. The second-order valence-corrected chi connectivity index (χ2v) is 9.31. The molecule has 0 aromatic rings. The van der Waals surface area contributed by atoms with Crippen molar-refractivity contribution in [1.29, 1.82) is 0 Å². The highest BCUT2D eigenvalue weighted by Gasteiger charge is 2.57. The summed E-state index contributed by atoms with van der Waals surface area (Å²) in [5, 5.41) is 12.9. The lowest BCUT2D eigenvalue weighted by atomic mass is 9.67. The zero-order valence-corrected chi connectivity index (χ0v) is 16.1. The molecule has 4 fully saturated rings. The van der Waals surface area contributed by atoms with Crippen molar-refractivity contribution in [3.63, 3.8) is 0 Å². The molecule has 3 heterocycles. The van der Waals surface area contributed by atoms with Crippen LogP contribution in [0.5, 0.6) is 0 Å². The summed E-state index contributed by atoms with van der Waals surface area (Å²) in [7, 11) is 0. The highest BCUT2D eigenvalue weighted by Crippen LogP contribution is 2.50. The third kappa shape index (κ3) is 3.10. The van der Waals surface area contributed by atoms with Gasteiger partial charge in [-0.3, -0.25) is 4.79 Å². The Morgan fingerprint density at radius 3 is 2.80 bits per heavy atom. The van der Waals surface area contributed by atoms with Crippen LogP contribution in [0.2, 0.25) is 0 Å². The van der Waals surface area contributed by atoms with Gasteiger partial charge in [-0.1, -0.05) is 0 Å². The molecule has 8 unspecified atom stereocenters. The van der Waals surface area contributed by atoms with Crippen molar-refractivity contribution in [2.24, 2.45) is 17.8 Å². The summed E-state index contributed by atoms with van der Waals surface area (Å²) in [6.07, 6.45) is 4.26. The van der Waals surface area contributed by atoms with Gasteiger partial charge in [0, 0.05) is 31.3 Å². The van der Waals surface area contributed by atoms with E-state index in [-0.39, 0.29) is 34.8 Å². The average Bonchev–Trinajstić information content (AvgIpc) is 3.24. The van der Waals surface area contributed by atoms with Gasteiger partial charge in [0.15, 0.2) is 0 Å². The van der Waals surface area contributed by atoms with Crippen LogP contribution in [0, 0.1) is 17.8 Å². The minimum atomic E-state index is -0.416. The van der Waals surface area contributed by atoms with E-state index in [0.29, 0.717) is 30.3 Å². The number of carbonyl (C=O) groups excluding carboxylic acids is 1. The molecule has 0 aromatic carbocycles. The number of amides is 1. The predicted molar refractivity (Wildman–Crippen MR) is 96.9 cm³/mol. The summed E-state index contributed by atoms with van der Waals surface area (Å²) in [6, 6.07) is 0.675. The Morgan fingerprint density at radius 2 is 2.12 bits per heavy atom. The van der Waals surface area contributed by atoms with Gasteiger partial charge in [0.05, 0.1) is 16.9 Å². The third-order valence-corrected chi connectivity index (χ3v) is 8.10. The maximum absolute atomic E-state index is 12.2. The molecule has 4 rings (SSSR count). The molecule has 1 aliphatic carbocycles. The van der Waals surface area contributed by atoms with Crippen LogP contribution in [0.4, 0.5) is 0 Å². The first-order valence-corrected chi connectivity index (χ1v) is 10.4. The van der Waals surface area contributed by atoms with Crippen LogP contribution in [0.15, 0.2) is 0 Å². The summed E-state index contributed by atoms with van der Waals surface area (Å²) in [4.78, 5) is 14.0. The molecular formula is C18H28Cl2N2O3. The van der Waals surface area contributed by atoms with Crippen LogP contribution in [-0.4, -0.2) is 70.7 Å². The number of ether oxygens (including phenoxy) is 1. The highest BCUT2D eigenvalue weighted by atomic mass is 35.5.